The summed E-state index contributed by atoms with van der Waals surface area (Å²) in [4.78, 5) is 10.5. The van der Waals surface area contributed by atoms with Crippen molar-refractivity contribution in [1.82, 2.24) is 0 Å². The average Bonchev–Trinajstić information content (AvgIpc) is 2.18. The maximum absolute atomic E-state index is 10.5. The van der Waals surface area contributed by atoms with E-state index in [9.17, 15) is 4.79 Å². The lowest BCUT2D eigenvalue weighted by molar-refractivity contribution is -0.112. The molecule has 0 bridgehead atoms. The number of para-hydroxylation sites is 1. The van der Waals surface area contributed by atoms with E-state index in [4.69, 9.17) is 4.74 Å². The number of allylic oxidation sites excluding steroid dienone is 1. The fourth-order valence-electron chi connectivity index (χ4n) is 1.01. The molecule has 1 aromatic rings. The van der Waals surface area contributed by atoms with Gasteiger partial charge in [0.1, 0.15) is 5.75 Å². The molecule has 2 nitrogen and oxygen atoms in total. The molecule has 1 aromatic carbocycles. The molecule has 0 saturated carbocycles. The molecule has 2 heteroatoms. The Bertz CT molecular complexity index is 301. The number of ketones is 1. The largest absolute Gasteiger partial charge is 0.493 e. The quantitative estimate of drug-likeness (QED) is 0.527. The van der Waals surface area contributed by atoms with Crippen LogP contribution in [-0.2, 0) is 4.79 Å². The summed E-state index contributed by atoms with van der Waals surface area (Å²) in [5, 5.41) is 0. The van der Waals surface area contributed by atoms with Crippen LogP contribution in [0.25, 0.3) is 0 Å². The lowest BCUT2D eigenvalue weighted by atomic mass is 10.3. The third-order valence-electron chi connectivity index (χ3n) is 1.65. The minimum atomic E-state index is 0.0738. The molecule has 0 fully saturated rings. The highest BCUT2D eigenvalue weighted by molar-refractivity contribution is 5.87. The van der Waals surface area contributed by atoms with E-state index in [0.29, 0.717) is 6.61 Å². The molecule has 0 radical (unpaired) electrons. The first-order valence-electron chi connectivity index (χ1n) is 4.64. The lowest BCUT2D eigenvalue weighted by Crippen LogP contribution is -1.95. The second-order valence-electron chi connectivity index (χ2n) is 2.96. The number of benzene rings is 1. The number of ether oxygens (including phenoxy) is 1. The summed E-state index contributed by atoms with van der Waals surface area (Å²) in [5.74, 6) is 0.938. The van der Waals surface area contributed by atoms with Gasteiger partial charge in [-0.3, -0.25) is 4.79 Å². The number of hydrogen-bond donors (Lipinski definition) is 0. The summed E-state index contributed by atoms with van der Waals surface area (Å²) in [6.07, 6.45) is 4.15. The molecule has 0 aliphatic carbocycles. The van der Waals surface area contributed by atoms with Crippen molar-refractivity contribution in [3.05, 3.63) is 42.5 Å². The zero-order chi connectivity index (χ0) is 10.2. The molecule has 0 saturated heterocycles. The topological polar surface area (TPSA) is 26.3 Å². The Morgan fingerprint density at radius 1 is 1.36 bits per heavy atom. The van der Waals surface area contributed by atoms with E-state index in [0.717, 1.165) is 12.2 Å². The Morgan fingerprint density at radius 3 is 2.71 bits per heavy atom. The second-order valence-corrected chi connectivity index (χ2v) is 2.96. The van der Waals surface area contributed by atoms with E-state index in [2.05, 4.69) is 0 Å². The van der Waals surface area contributed by atoms with Gasteiger partial charge in [-0.2, -0.15) is 0 Å². The predicted octanol–water partition coefficient (Wildman–Crippen LogP) is 2.60. The van der Waals surface area contributed by atoms with Crippen LogP contribution < -0.4 is 4.74 Å². The van der Waals surface area contributed by atoms with E-state index >= 15 is 0 Å². The van der Waals surface area contributed by atoms with E-state index < -0.39 is 0 Å². The number of carbonyl (C=O) groups is 1. The van der Waals surface area contributed by atoms with Crippen molar-refractivity contribution < 1.29 is 9.53 Å². The smallest absolute Gasteiger partial charge is 0.152 e. The minimum absolute atomic E-state index is 0.0738. The monoisotopic (exact) mass is 190 g/mol. The Balaban J connectivity index is 2.19. The van der Waals surface area contributed by atoms with Gasteiger partial charge >= 0.3 is 0 Å². The van der Waals surface area contributed by atoms with Gasteiger partial charge in [0.2, 0.25) is 0 Å². The molecule has 0 N–H and O–H groups in total. The lowest BCUT2D eigenvalue weighted by Gasteiger charge is -2.02. The zero-order valence-corrected chi connectivity index (χ0v) is 8.27. The highest BCUT2D eigenvalue weighted by Gasteiger charge is 1.89. The van der Waals surface area contributed by atoms with E-state index in [-0.39, 0.29) is 5.78 Å². The first kappa shape index (κ1) is 10.5. The van der Waals surface area contributed by atoms with Crippen LogP contribution in [-0.4, -0.2) is 12.4 Å². The molecule has 1 rings (SSSR count). The van der Waals surface area contributed by atoms with Crippen LogP contribution in [0.2, 0.25) is 0 Å². The molecule has 0 amide bonds. The molecule has 74 valence electrons. The van der Waals surface area contributed by atoms with E-state index in [1.807, 2.05) is 36.4 Å². The summed E-state index contributed by atoms with van der Waals surface area (Å²) in [6.45, 7) is 2.14. The zero-order valence-electron chi connectivity index (χ0n) is 8.27. The summed E-state index contributed by atoms with van der Waals surface area (Å²) in [6, 6.07) is 9.63. The third kappa shape index (κ3) is 4.45. The van der Waals surface area contributed by atoms with Crippen LogP contribution in [0, 0.1) is 0 Å². The van der Waals surface area contributed by atoms with Gasteiger partial charge in [-0.15, -0.1) is 0 Å². The Morgan fingerprint density at radius 2 is 2.07 bits per heavy atom. The SMILES string of the molecule is CC(=O)/C=C/CCOc1ccccc1. The van der Waals surface area contributed by atoms with Crippen molar-refractivity contribution in [2.24, 2.45) is 0 Å². The standard InChI is InChI=1S/C12H14O2/c1-11(13)7-5-6-10-14-12-8-3-2-4-9-12/h2-5,7-9H,6,10H2,1H3/b7-5+. The first-order chi connectivity index (χ1) is 6.79. The van der Waals surface area contributed by atoms with Crippen LogP contribution in [0.3, 0.4) is 0 Å². The first-order valence-corrected chi connectivity index (χ1v) is 4.64. The molecule has 14 heavy (non-hydrogen) atoms. The fourth-order valence-corrected chi connectivity index (χ4v) is 1.01. The van der Waals surface area contributed by atoms with E-state index in [1.54, 1.807) is 6.08 Å². The molecule has 0 aromatic heterocycles. The molecule has 0 aliphatic heterocycles. The molecule has 0 spiro atoms. The highest BCUT2D eigenvalue weighted by Crippen LogP contribution is 2.08. The van der Waals surface area contributed by atoms with Gasteiger partial charge < -0.3 is 4.74 Å². The molecule has 0 unspecified atom stereocenters. The van der Waals surface area contributed by atoms with Crippen molar-refractivity contribution in [1.29, 1.82) is 0 Å². The summed E-state index contributed by atoms with van der Waals surface area (Å²) in [7, 11) is 0. The maximum atomic E-state index is 10.5. The summed E-state index contributed by atoms with van der Waals surface area (Å²) in [5.41, 5.74) is 0. The van der Waals surface area contributed by atoms with Crippen LogP contribution in [0.15, 0.2) is 42.5 Å². The average molecular weight is 190 g/mol. The van der Waals surface area contributed by atoms with Crippen LogP contribution in [0.5, 0.6) is 5.75 Å². The van der Waals surface area contributed by atoms with Gasteiger partial charge in [-0.05, 0) is 31.6 Å². The predicted molar refractivity (Wildman–Crippen MR) is 56.4 cm³/mol. The van der Waals surface area contributed by atoms with Gasteiger partial charge in [0.25, 0.3) is 0 Å². The minimum Gasteiger partial charge on any atom is -0.493 e. The van der Waals surface area contributed by atoms with Crippen molar-refractivity contribution in [2.75, 3.05) is 6.61 Å². The molecular weight excluding hydrogens is 176 g/mol. The summed E-state index contributed by atoms with van der Waals surface area (Å²) >= 11 is 0. The number of rotatable bonds is 5. The van der Waals surface area contributed by atoms with Crippen LogP contribution in [0.4, 0.5) is 0 Å². The van der Waals surface area contributed by atoms with Gasteiger partial charge in [0.15, 0.2) is 5.78 Å². The molecular formula is C12H14O2. The van der Waals surface area contributed by atoms with Gasteiger partial charge in [-0.1, -0.05) is 24.3 Å². The van der Waals surface area contributed by atoms with Gasteiger partial charge in [-0.25, -0.2) is 0 Å². The Labute approximate surface area is 84.2 Å². The van der Waals surface area contributed by atoms with Gasteiger partial charge in [0, 0.05) is 0 Å². The molecule has 0 heterocycles. The van der Waals surface area contributed by atoms with Crippen molar-refractivity contribution in [3.63, 3.8) is 0 Å². The summed E-state index contributed by atoms with van der Waals surface area (Å²) < 4.78 is 5.43. The van der Waals surface area contributed by atoms with Crippen LogP contribution >= 0.6 is 0 Å². The second kappa shape index (κ2) is 5.97. The third-order valence-corrected chi connectivity index (χ3v) is 1.65. The highest BCUT2D eigenvalue weighted by atomic mass is 16.5. The number of carbonyl (C=O) groups excluding carboxylic acids is 1. The molecule has 0 atom stereocenters. The van der Waals surface area contributed by atoms with Crippen molar-refractivity contribution in [2.45, 2.75) is 13.3 Å². The van der Waals surface area contributed by atoms with Gasteiger partial charge in [0.05, 0.1) is 6.61 Å². The van der Waals surface area contributed by atoms with Crippen molar-refractivity contribution in [3.8, 4) is 5.75 Å². The Kier molecular flexibility index (Phi) is 4.48. The maximum Gasteiger partial charge on any atom is 0.152 e. The Hall–Kier alpha value is -1.57. The van der Waals surface area contributed by atoms with Crippen LogP contribution in [0.1, 0.15) is 13.3 Å². The van der Waals surface area contributed by atoms with Crippen molar-refractivity contribution >= 4 is 5.78 Å². The number of hydrogen-bond acceptors (Lipinski definition) is 2. The molecule has 0 aliphatic rings. The normalized spacial score (nSPS) is 10.4. The van der Waals surface area contributed by atoms with E-state index in [1.165, 1.54) is 6.92 Å². The fraction of sp³-hybridized carbons (Fsp3) is 0.250.